The molecule has 0 spiro atoms. The first-order valence-corrected chi connectivity index (χ1v) is 7.38. The third-order valence-electron chi connectivity index (χ3n) is 3.57. The fraction of sp³-hybridized carbons (Fsp3) is 0.438. The van der Waals surface area contributed by atoms with Crippen LogP contribution in [0.3, 0.4) is 0 Å². The molecule has 2 aromatic rings. The lowest BCUT2D eigenvalue weighted by Gasteiger charge is -2.19. The monoisotopic (exact) mass is 287 g/mol. The van der Waals surface area contributed by atoms with E-state index in [9.17, 15) is 0 Å². The fourth-order valence-electron chi connectivity index (χ4n) is 2.49. The Morgan fingerprint density at radius 3 is 2.95 bits per heavy atom. The minimum absolute atomic E-state index is 0.207. The van der Waals surface area contributed by atoms with Gasteiger partial charge in [0.1, 0.15) is 0 Å². The highest BCUT2D eigenvalue weighted by Gasteiger charge is 2.18. The minimum atomic E-state index is 0.207. The fourth-order valence-corrected chi connectivity index (χ4v) is 2.49. The molecule has 0 fully saturated rings. The van der Waals surface area contributed by atoms with Gasteiger partial charge in [0, 0.05) is 6.20 Å². The molecule has 1 unspecified atom stereocenters. The molecule has 112 valence electrons. The van der Waals surface area contributed by atoms with Crippen LogP contribution in [0.2, 0.25) is 0 Å². The molecule has 2 heterocycles. The minimum Gasteiger partial charge on any atom is -0.454 e. The normalized spacial score (nSPS) is 14.4. The summed E-state index contributed by atoms with van der Waals surface area (Å²) in [4.78, 5) is 0. The van der Waals surface area contributed by atoms with Gasteiger partial charge >= 0.3 is 0 Å². The van der Waals surface area contributed by atoms with E-state index in [1.165, 1.54) is 11.1 Å². The summed E-state index contributed by atoms with van der Waals surface area (Å²) in [6.45, 7) is 6.30. The summed E-state index contributed by atoms with van der Waals surface area (Å²) in [7, 11) is 0. The number of hydrogen-bond acceptors (Lipinski definition) is 4. The lowest BCUT2D eigenvalue weighted by molar-refractivity contribution is 0.174. The molecule has 21 heavy (non-hydrogen) atoms. The maximum absolute atomic E-state index is 5.48. The molecule has 0 amide bonds. The molecule has 1 aromatic carbocycles. The van der Waals surface area contributed by atoms with Gasteiger partial charge in [0.25, 0.3) is 0 Å². The molecule has 1 aliphatic heterocycles. The molecule has 0 saturated heterocycles. The first-order valence-electron chi connectivity index (χ1n) is 7.38. The summed E-state index contributed by atoms with van der Waals surface area (Å²) in [6.07, 6.45) is 5.04. The van der Waals surface area contributed by atoms with E-state index in [-0.39, 0.29) is 6.04 Å². The average molecular weight is 287 g/mol. The predicted molar refractivity (Wildman–Crippen MR) is 80.6 cm³/mol. The Hall–Kier alpha value is -2.01. The van der Waals surface area contributed by atoms with Gasteiger partial charge in [0.15, 0.2) is 11.5 Å². The third kappa shape index (κ3) is 3.19. The quantitative estimate of drug-likeness (QED) is 0.887. The van der Waals surface area contributed by atoms with Crippen LogP contribution in [-0.4, -0.2) is 23.1 Å². The summed E-state index contributed by atoms with van der Waals surface area (Å²) in [5.74, 6) is 1.65. The van der Waals surface area contributed by atoms with Crippen LogP contribution in [-0.2, 0) is 6.54 Å². The highest BCUT2D eigenvalue weighted by atomic mass is 16.7. The zero-order valence-corrected chi connectivity index (χ0v) is 12.5. The van der Waals surface area contributed by atoms with Gasteiger partial charge in [-0.05, 0) is 43.1 Å². The highest BCUT2D eigenvalue weighted by Crippen LogP contribution is 2.34. The molecule has 1 atom stereocenters. The molecular formula is C16H21N3O2. The van der Waals surface area contributed by atoms with Crippen molar-refractivity contribution in [3.05, 3.63) is 41.7 Å². The van der Waals surface area contributed by atoms with E-state index in [1.54, 1.807) is 0 Å². The van der Waals surface area contributed by atoms with Crippen LogP contribution in [0.25, 0.3) is 0 Å². The number of nitrogens with one attached hydrogen (secondary N) is 1. The van der Waals surface area contributed by atoms with E-state index in [0.29, 0.717) is 6.79 Å². The Kier molecular flexibility index (Phi) is 4.10. The Bertz CT molecular complexity index is 609. The number of rotatable bonds is 6. The lowest BCUT2D eigenvalue weighted by atomic mass is 10.1. The molecule has 0 radical (unpaired) electrons. The molecule has 0 saturated carbocycles. The molecule has 0 aliphatic carbocycles. The van der Waals surface area contributed by atoms with E-state index in [1.807, 2.05) is 16.9 Å². The largest absolute Gasteiger partial charge is 0.454 e. The van der Waals surface area contributed by atoms with Gasteiger partial charge in [-0.1, -0.05) is 13.0 Å². The van der Waals surface area contributed by atoms with Crippen LogP contribution in [0, 0.1) is 6.92 Å². The lowest BCUT2D eigenvalue weighted by Crippen LogP contribution is -2.26. The Labute approximate surface area is 124 Å². The van der Waals surface area contributed by atoms with Crippen molar-refractivity contribution in [2.45, 2.75) is 32.9 Å². The van der Waals surface area contributed by atoms with Crippen LogP contribution in [0.15, 0.2) is 30.6 Å². The van der Waals surface area contributed by atoms with Gasteiger partial charge in [0.05, 0.1) is 18.8 Å². The topological polar surface area (TPSA) is 48.3 Å². The van der Waals surface area contributed by atoms with E-state index in [2.05, 4.69) is 42.6 Å². The van der Waals surface area contributed by atoms with Gasteiger partial charge in [-0.2, -0.15) is 5.10 Å². The Morgan fingerprint density at radius 1 is 1.33 bits per heavy atom. The second-order valence-corrected chi connectivity index (χ2v) is 5.36. The van der Waals surface area contributed by atoms with Crippen LogP contribution in [0.4, 0.5) is 0 Å². The maximum atomic E-state index is 5.48. The number of aryl methyl sites for hydroxylation is 1. The number of hydrogen-bond donors (Lipinski definition) is 1. The molecule has 5 heteroatoms. The van der Waals surface area contributed by atoms with Crippen molar-refractivity contribution in [3.8, 4) is 11.5 Å². The first-order chi connectivity index (χ1) is 10.3. The van der Waals surface area contributed by atoms with Gasteiger partial charge < -0.3 is 14.8 Å². The number of aromatic nitrogens is 2. The number of nitrogens with zero attached hydrogens (tertiary/aromatic N) is 2. The van der Waals surface area contributed by atoms with E-state index in [0.717, 1.165) is 31.0 Å². The van der Waals surface area contributed by atoms with E-state index in [4.69, 9.17) is 9.47 Å². The zero-order valence-electron chi connectivity index (χ0n) is 12.5. The molecular weight excluding hydrogens is 266 g/mol. The van der Waals surface area contributed by atoms with Crippen molar-refractivity contribution >= 4 is 0 Å². The van der Waals surface area contributed by atoms with Crippen molar-refractivity contribution in [2.75, 3.05) is 13.3 Å². The smallest absolute Gasteiger partial charge is 0.231 e. The predicted octanol–water partition coefficient (Wildman–Crippen LogP) is 2.66. The van der Waals surface area contributed by atoms with E-state index < -0.39 is 0 Å². The highest BCUT2D eigenvalue weighted by molar-refractivity contribution is 5.45. The molecule has 0 bridgehead atoms. The molecule has 1 N–H and O–H groups in total. The average Bonchev–Trinajstić information content (AvgIpc) is 3.11. The molecule has 5 nitrogen and oxygen atoms in total. The van der Waals surface area contributed by atoms with Crippen molar-refractivity contribution in [1.29, 1.82) is 0 Å². The van der Waals surface area contributed by atoms with Crippen LogP contribution in [0.5, 0.6) is 11.5 Å². The second kappa shape index (κ2) is 6.18. The summed E-state index contributed by atoms with van der Waals surface area (Å²) >= 11 is 0. The van der Waals surface area contributed by atoms with Gasteiger partial charge in [0.2, 0.25) is 6.79 Å². The third-order valence-corrected chi connectivity index (χ3v) is 3.57. The number of ether oxygens (including phenoxy) is 2. The Balaban J connectivity index is 1.80. The van der Waals surface area contributed by atoms with Gasteiger partial charge in [-0.25, -0.2) is 0 Å². The number of benzene rings is 1. The number of fused-ring (bicyclic) bond motifs is 1. The summed E-state index contributed by atoms with van der Waals surface area (Å²) in [5, 5.41) is 7.96. The van der Waals surface area contributed by atoms with Crippen LogP contribution < -0.4 is 14.8 Å². The summed E-state index contributed by atoms with van der Waals surface area (Å²) in [6, 6.07) is 6.34. The first kappa shape index (κ1) is 13.9. The molecule has 1 aromatic heterocycles. The standard InChI is InChI=1S/C16H21N3O2/c1-3-6-17-14(10-19-9-12(2)8-18-19)13-4-5-15-16(7-13)21-11-20-15/h4-5,7-9,14,17H,3,6,10-11H2,1-2H3. The van der Waals surface area contributed by atoms with E-state index >= 15 is 0 Å². The van der Waals surface area contributed by atoms with Gasteiger partial charge in [-0.3, -0.25) is 4.68 Å². The van der Waals surface area contributed by atoms with Gasteiger partial charge in [-0.15, -0.1) is 0 Å². The summed E-state index contributed by atoms with van der Waals surface area (Å²) in [5.41, 5.74) is 2.37. The Morgan fingerprint density at radius 2 is 2.19 bits per heavy atom. The zero-order chi connectivity index (χ0) is 14.7. The molecule has 1 aliphatic rings. The second-order valence-electron chi connectivity index (χ2n) is 5.36. The maximum Gasteiger partial charge on any atom is 0.231 e. The van der Waals surface area contributed by atoms with Crippen molar-refractivity contribution in [2.24, 2.45) is 0 Å². The van der Waals surface area contributed by atoms with Crippen molar-refractivity contribution in [3.63, 3.8) is 0 Å². The molecule has 3 rings (SSSR count). The van der Waals surface area contributed by atoms with Crippen LogP contribution in [0.1, 0.15) is 30.5 Å². The summed E-state index contributed by atoms with van der Waals surface area (Å²) < 4.78 is 12.8. The van der Waals surface area contributed by atoms with Crippen LogP contribution >= 0.6 is 0 Å². The SMILES string of the molecule is CCCNC(Cn1cc(C)cn1)c1ccc2c(c1)OCO2. The van der Waals surface area contributed by atoms with Crippen molar-refractivity contribution in [1.82, 2.24) is 15.1 Å². The van der Waals surface area contributed by atoms with Crippen molar-refractivity contribution < 1.29 is 9.47 Å².